The number of fused-ring (bicyclic) bond motifs is 1. The number of carbonyl (C=O) groups is 1. The maximum atomic E-state index is 13.0. The molecule has 1 spiro atoms. The molecule has 1 fully saturated rings. The molecule has 0 radical (unpaired) electrons. The molecule has 1 saturated carbocycles. The van der Waals surface area contributed by atoms with Crippen LogP contribution in [0, 0.1) is 11.3 Å². The highest BCUT2D eigenvalue weighted by molar-refractivity contribution is 6.05. The van der Waals surface area contributed by atoms with Crippen LogP contribution in [0.4, 0.5) is 0 Å². The van der Waals surface area contributed by atoms with E-state index in [0.29, 0.717) is 17.8 Å². The molecule has 2 nitrogen and oxygen atoms in total. The van der Waals surface area contributed by atoms with Gasteiger partial charge in [-0.05, 0) is 68.1 Å². The Hall–Kier alpha value is -1.15. The summed E-state index contributed by atoms with van der Waals surface area (Å²) < 4.78 is 5.47. The number of ketones is 1. The monoisotopic (exact) mass is 300 g/mol. The number of hydrogen-bond donors (Lipinski definition) is 0. The van der Waals surface area contributed by atoms with Crippen molar-refractivity contribution < 1.29 is 9.53 Å². The Morgan fingerprint density at radius 1 is 1.27 bits per heavy atom. The van der Waals surface area contributed by atoms with Crippen LogP contribution < -0.4 is 0 Å². The smallest absolute Gasteiger partial charge is 0.169 e. The summed E-state index contributed by atoms with van der Waals surface area (Å²) in [6.45, 7) is 4.50. The third kappa shape index (κ3) is 2.86. The van der Waals surface area contributed by atoms with E-state index in [1.165, 1.54) is 17.5 Å². The van der Waals surface area contributed by atoms with Gasteiger partial charge >= 0.3 is 0 Å². The van der Waals surface area contributed by atoms with Crippen molar-refractivity contribution in [1.82, 2.24) is 0 Å². The standard InChI is InChI=1S/C20H28O2/c1-14(2)4-5-15-6-7-16-13-20(19(21)18(16)12-15)10-8-17(22-3)9-11-20/h6-7,12,14,17H,4-5,8-11,13H2,1-3H3. The molecule has 0 bridgehead atoms. The Bertz CT molecular complexity index is 551. The Kier molecular flexibility index (Phi) is 4.40. The minimum absolute atomic E-state index is 0.117. The van der Waals surface area contributed by atoms with Crippen LogP contribution >= 0.6 is 0 Å². The lowest BCUT2D eigenvalue weighted by molar-refractivity contribution is 0.0285. The highest BCUT2D eigenvalue weighted by atomic mass is 16.5. The first-order valence-electron chi connectivity index (χ1n) is 8.73. The molecule has 22 heavy (non-hydrogen) atoms. The normalized spacial score (nSPS) is 27.6. The molecule has 0 aliphatic heterocycles. The average molecular weight is 300 g/mol. The van der Waals surface area contributed by atoms with Crippen LogP contribution in [0.3, 0.4) is 0 Å². The number of Topliss-reactive ketones (excluding diaryl/α,β-unsaturated/α-hetero) is 1. The second-order valence-electron chi connectivity index (χ2n) is 7.65. The first-order valence-corrected chi connectivity index (χ1v) is 8.73. The molecule has 1 aromatic rings. The Balaban J connectivity index is 1.76. The Morgan fingerprint density at radius 2 is 2.00 bits per heavy atom. The molecule has 0 aromatic heterocycles. The Morgan fingerprint density at radius 3 is 2.64 bits per heavy atom. The fourth-order valence-corrected chi connectivity index (χ4v) is 4.11. The van der Waals surface area contributed by atoms with Gasteiger partial charge < -0.3 is 4.74 Å². The van der Waals surface area contributed by atoms with Gasteiger partial charge in [0.2, 0.25) is 0 Å². The van der Waals surface area contributed by atoms with Crippen LogP contribution in [0.15, 0.2) is 18.2 Å². The van der Waals surface area contributed by atoms with Crippen LogP contribution in [-0.4, -0.2) is 19.0 Å². The molecule has 0 heterocycles. The van der Waals surface area contributed by atoms with Gasteiger partial charge in [0.05, 0.1) is 6.10 Å². The molecule has 2 heteroatoms. The fraction of sp³-hybridized carbons (Fsp3) is 0.650. The molecule has 3 rings (SSSR count). The van der Waals surface area contributed by atoms with Crippen LogP contribution in [0.1, 0.15) is 67.4 Å². The lowest BCUT2D eigenvalue weighted by Gasteiger charge is -2.35. The number of benzene rings is 1. The largest absolute Gasteiger partial charge is 0.381 e. The van der Waals surface area contributed by atoms with Gasteiger partial charge in [0.25, 0.3) is 0 Å². The summed E-state index contributed by atoms with van der Waals surface area (Å²) in [5.41, 5.74) is 3.49. The second kappa shape index (κ2) is 6.16. The van der Waals surface area contributed by atoms with E-state index in [1.54, 1.807) is 7.11 Å². The van der Waals surface area contributed by atoms with Crippen molar-refractivity contribution in [1.29, 1.82) is 0 Å². The van der Waals surface area contributed by atoms with E-state index in [4.69, 9.17) is 4.74 Å². The highest BCUT2D eigenvalue weighted by Gasteiger charge is 2.47. The summed E-state index contributed by atoms with van der Waals surface area (Å²) in [4.78, 5) is 13.0. The van der Waals surface area contributed by atoms with Gasteiger partial charge in [0.15, 0.2) is 5.78 Å². The van der Waals surface area contributed by atoms with Gasteiger partial charge in [-0.25, -0.2) is 0 Å². The van der Waals surface area contributed by atoms with Gasteiger partial charge in [-0.3, -0.25) is 4.79 Å². The van der Waals surface area contributed by atoms with Gasteiger partial charge in [-0.1, -0.05) is 26.0 Å². The van der Waals surface area contributed by atoms with Crippen LogP contribution in [0.2, 0.25) is 0 Å². The lowest BCUT2D eigenvalue weighted by atomic mass is 9.70. The zero-order chi connectivity index (χ0) is 15.7. The lowest BCUT2D eigenvalue weighted by Crippen LogP contribution is -2.35. The topological polar surface area (TPSA) is 26.3 Å². The van der Waals surface area contributed by atoms with Crippen molar-refractivity contribution in [3.63, 3.8) is 0 Å². The minimum atomic E-state index is -0.117. The van der Waals surface area contributed by atoms with Gasteiger partial charge in [-0.15, -0.1) is 0 Å². The minimum Gasteiger partial charge on any atom is -0.381 e. The van der Waals surface area contributed by atoms with Crippen molar-refractivity contribution in [3.8, 4) is 0 Å². The van der Waals surface area contributed by atoms with Crippen molar-refractivity contribution in [2.45, 2.75) is 64.9 Å². The van der Waals surface area contributed by atoms with E-state index in [-0.39, 0.29) is 5.41 Å². The number of aryl methyl sites for hydroxylation is 1. The number of hydrogen-bond acceptors (Lipinski definition) is 2. The number of carbonyl (C=O) groups excluding carboxylic acids is 1. The third-order valence-corrected chi connectivity index (χ3v) is 5.66. The molecule has 0 saturated heterocycles. The summed E-state index contributed by atoms with van der Waals surface area (Å²) in [5, 5.41) is 0. The molecular formula is C20H28O2. The van der Waals surface area contributed by atoms with Crippen molar-refractivity contribution in [2.75, 3.05) is 7.11 Å². The van der Waals surface area contributed by atoms with Crippen molar-refractivity contribution in [3.05, 3.63) is 34.9 Å². The quantitative estimate of drug-likeness (QED) is 0.813. The van der Waals surface area contributed by atoms with Gasteiger partial charge in [0, 0.05) is 18.1 Å². The maximum Gasteiger partial charge on any atom is 0.169 e. The molecule has 0 amide bonds. The predicted octanol–water partition coefficient (Wildman–Crippen LogP) is 4.59. The fourth-order valence-electron chi connectivity index (χ4n) is 4.11. The second-order valence-corrected chi connectivity index (χ2v) is 7.65. The summed E-state index contributed by atoms with van der Waals surface area (Å²) >= 11 is 0. The van der Waals surface area contributed by atoms with Crippen LogP contribution in [0.25, 0.3) is 0 Å². The number of ether oxygens (including phenoxy) is 1. The molecule has 1 aromatic carbocycles. The van der Waals surface area contributed by atoms with E-state index in [0.717, 1.165) is 44.1 Å². The molecule has 120 valence electrons. The zero-order valence-electron chi connectivity index (χ0n) is 14.2. The summed E-state index contributed by atoms with van der Waals surface area (Å²) in [7, 11) is 1.79. The van der Waals surface area contributed by atoms with Gasteiger partial charge in [-0.2, -0.15) is 0 Å². The van der Waals surface area contributed by atoms with Crippen molar-refractivity contribution >= 4 is 5.78 Å². The van der Waals surface area contributed by atoms with Crippen LogP contribution in [-0.2, 0) is 17.6 Å². The highest BCUT2D eigenvalue weighted by Crippen LogP contribution is 2.47. The van der Waals surface area contributed by atoms with E-state index < -0.39 is 0 Å². The van der Waals surface area contributed by atoms with E-state index in [9.17, 15) is 4.79 Å². The van der Waals surface area contributed by atoms with Gasteiger partial charge in [0.1, 0.15) is 0 Å². The molecule has 2 aliphatic rings. The third-order valence-electron chi connectivity index (χ3n) is 5.66. The molecule has 2 aliphatic carbocycles. The SMILES string of the molecule is COC1CCC2(CC1)Cc1ccc(CCC(C)C)cc1C2=O. The number of rotatable bonds is 4. The molecule has 0 unspecified atom stereocenters. The molecule has 0 N–H and O–H groups in total. The summed E-state index contributed by atoms with van der Waals surface area (Å²) in [6, 6.07) is 6.62. The van der Waals surface area contributed by atoms with Crippen LogP contribution in [0.5, 0.6) is 0 Å². The maximum absolute atomic E-state index is 13.0. The summed E-state index contributed by atoms with van der Waals surface area (Å²) in [6.07, 6.45) is 7.59. The van der Waals surface area contributed by atoms with E-state index in [1.807, 2.05) is 0 Å². The zero-order valence-corrected chi connectivity index (χ0v) is 14.2. The molecular weight excluding hydrogens is 272 g/mol. The first-order chi connectivity index (χ1) is 10.5. The first kappa shape index (κ1) is 15.7. The summed E-state index contributed by atoms with van der Waals surface area (Å²) in [5.74, 6) is 1.11. The predicted molar refractivity (Wildman–Crippen MR) is 89.3 cm³/mol. The average Bonchev–Trinajstić information content (AvgIpc) is 2.79. The number of methoxy groups -OCH3 is 1. The van der Waals surface area contributed by atoms with E-state index >= 15 is 0 Å². The van der Waals surface area contributed by atoms with Crippen molar-refractivity contribution in [2.24, 2.45) is 11.3 Å². The molecule has 0 atom stereocenters. The Labute approximate surface area is 134 Å². The van der Waals surface area contributed by atoms with E-state index in [2.05, 4.69) is 32.0 Å².